The van der Waals surface area contributed by atoms with E-state index in [0.717, 1.165) is 0 Å². The van der Waals surface area contributed by atoms with Crippen molar-refractivity contribution in [2.24, 2.45) is 0 Å². The number of alkyl halides is 3. The normalized spacial score (nSPS) is 11.8. The first-order valence-electron chi connectivity index (χ1n) is 4.09. The summed E-state index contributed by atoms with van der Waals surface area (Å²) >= 11 is 0. The van der Waals surface area contributed by atoms with Crippen molar-refractivity contribution in [3.63, 3.8) is 0 Å². The van der Waals surface area contributed by atoms with Crippen molar-refractivity contribution in [2.75, 3.05) is 0 Å². The smallest absolute Gasteiger partial charge is 0.290 e. The molecule has 0 saturated carbocycles. The van der Waals surface area contributed by atoms with Crippen molar-refractivity contribution in [2.45, 2.75) is 12.6 Å². The Kier molecular flexibility index (Phi) is 6.00. The molecule has 0 aliphatic heterocycles. The van der Waals surface area contributed by atoms with Gasteiger partial charge in [0.05, 0.1) is 0 Å². The van der Waals surface area contributed by atoms with Crippen LogP contribution in [0.15, 0.2) is 30.3 Å². The monoisotopic (exact) mass is 279 g/mol. The van der Waals surface area contributed by atoms with E-state index in [2.05, 4.69) is 0 Å². The van der Waals surface area contributed by atoms with Gasteiger partial charge in [-0.1, -0.05) is 30.3 Å². The van der Waals surface area contributed by atoms with Crippen LogP contribution in [0.2, 0.25) is 0 Å². The number of ketones is 2. The second-order valence-electron chi connectivity index (χ2n) is 2.80. The maximum Gasteiger partial charge on any atom is 0.299 e. The van der Waals surface area contributed by atoms with Crippen LogP contribution >= 0.6 is 0 Å². The first-order chi connectivity index (χ1) is 7.04. The summed E-state index contributed by atoms with van der Waals surface area (Å²) in [4.78, 5) is 21.7. The topological polar surface area (TPSA) is 34.1 Å². The number of rotatable bonds is 4. The Morgan fingerprint density at radius 3 is 1.94 bits per heavy atom. The molecule has 0 fully saturated rings. The quantitative estimate of drug-likeness (QED) is 0.480. The number of carbonyl (C=O) groups excluding carboxylic acids is 2. The average molecular weight is 280 g/mol. The molecule has 91 valence electrons. The minimum absolute atomic E-state index is 0. The number of benzene rings is 1. The summed E-state index contributed by atoms with van der Waals surface area (Å²) < 4.78 is 36.6. The molecule has 1 aromatic rings. The molecule has 0 amide bonds. The zero-order valence-electron chi connectivity index (χ0n) is 7.79. The van der Waals surface area contributed by atoms with Crippen LogP contribution in [-0.4, -0.2) is 24.2 Å². The Labute approximate surface area is 100 Å². The fraction of sp³-hybridized carbons (Fsp3) is 0.200. The second-order valence-corrected chi connectivity index (χ2v) is 2.80. The van der Waals surface area contributed by atoms with Gasteiger partial charge in [-0.3, -0.25) is 9.59 Å². The Morgan fingerprint density at radius 2 is 1.50 bits per heavy atom. The number of halogens is 3. The summed E-state index contributed by atoms with van der Waals surface area (Å²) in [5, 5.41) is 0. The molecule has 0 saturated heterocycles. The van der Waals surface area contributed by atoms with Gasteiger partial charge in [0.2, 0.25) is 17.7 Å². The zero-order valence-corrected chi connectivity index (χ0v) is 8.74. The molecule has 0 bridgehead atoms. The van der Waals surface area contributed by atoms with Gasteiger partial charge in [0.1, 0.15) is 0 Å². The van der Waals surface area contributed by atoms with Gasteiger partial charge in [0, 0.05) is 22.6 Å². The van der Waals surface area contributed by atoms with Gasteiger partial charge in [-0.2, -0.15) is 0 Å². The summed E-state index contributed by atoms with van der Waals surface area (Å²) in [5.41, 5.74) is -0.0981. The maximum atomic E-state index is 12.9. The summed E-state index contributed by atoms with van der Waals surface area (Å²) in [6.07, 6.45) is -6.25. The van der Waals surface area contributed by atoms with E-state index in [1.165, 1.54) is 24.3 Å². The van der Waals surface area contributed by atoms with E-state index in [1.807, 2.05) is 0 Å². The fourth-order valence-electron chi connectivity index (χ4n) is 0.989. The Morgan fingerprint density at radius 1 is 1.00 bits per heavy atom. The summed E-state index contributed by atoms with van der Waals surface area (Å²) in [6.45, 7) is 0. The molecular weight excluding hydrogens is 273 g/mol. The third kappa shape index (κ3) is 3.47. The van der Waals surface area contributed by atoms with Gasteiger partial charge >= 0.3 is 0 Å². The van der Waals surface area contributed by atoms with E-state index in [0.29, 0.717) is 0 Å². The van der Waals surface area contributed by atoms with Gasteiger partial charge in [-0.25, -0.2) is 13.2 Å². The minimum atomic E-state index is -3.47. The Balaban J connectivity index is 0.00000225. The minimum Gasteiger partial charge on any atom is -0.290 e. The van der Waals surface area contributed by atoms with Crippen LogP contribution in [0.25, 0.3) is 0 Å². The van der Waals surface area contributed by atoms with Crippen LogP contribution in [0, 0.1) is 0 Å². The van der Waals surface area contributed by atoms with Crippen LogP contribution in [-0.2, 0) is 21.9 Å². The molecule has 1 radical (unpaired) electrons. The van der Waals surface area contributed by atoms with Crippen LogP contribution in [0.5, 0.6) is 0 Å². The largest absolute Gasteiger partial charge is 0.299 e. The van der Waals surface area contributed by atoms with E-state index in [9.17, 15) is 22.8 Å². The number of hydrogen-bond donors (Lipinski definition) is 0. The average Bonchev–Trinajstić information content (AvgIpc) is 2.27. The maximum absolute atomic E-state index is 12.9. The first kappa shape index (κ1) is 14.9. The molecule has 0 N–H and O–H groups in total. The van der Waals surface area contributed by atoms with Crippen LogP contribution < -0.4 is 0 Å². The van der Waals surface area contributed by atoms with Crippen LogP contribution in [0.4, 0.5) is 13.2 Å². The molecule has 1 atom stereocenters. The van der Waals surface area contributed by atoms with Gasteiger partial charge in [0.25, 0.3) is 6.43 Å². The Hall–Kier alpha value is -1.13. The van der Waals surface area contributed by atoms with Crippen molar-refractivity contribution >= 4 is 11.6 Å². The van der Waals surface area contributed by atoms with Gasteiger partial charge < -0.3 is 0 Å². The van der Waals surface area contributed by atoms with E-state index < -0.39 is 24.2 Å². The molecular formula is C10H7CuF3O2. The van der Waals surface area contributed by atoms with Gasteiger partial charge in [0.15, 0.2) is 0 Å². The standard InChI is InChI=1S/C10H7F3O2.Cu/c11-7(9(15)10(12)13)8(14)6-4-2-1-3-5-6;/h1-5,7,10H;. The Bertz CT molecular complexity index is 368. The number of Topliss-reactive ketones (excluding diaryl/α,β-unsaturated/α-hetero) is 2. The summed E-state index contributed by atoms with van der Waals surface area (Å²) in [6, 6.07) is 7.00. The van der Waals surface area contributed by atoms with Crippen molar-refractivity contribution in [1.82, 2.24) is 0 Å². The number of carbonyl (C=O) groups is 2. The molecule has 2 nitrogen and oxygen atoms in total. The van der Waals surface area contributed by atoms with Crippen LogP contribution in [0.1, 0.15) is 10.4 Å². The summed E-state index contributed by atoms with van der Waals surface area (Å²) in [5.74, 6) is -3.23. The van der Waals surface area contributed by atoms with Crippen molar-refractivity contribution in [3.05, 3.63) is 35.9 Å². The fourth-order valence-corrected chi connectivity index (χ4v) is 0.989. The number of hydrogen-bond acceptors (Lipinski definition) is 2. The third-order valence-corrected chi connectivity index (χ3v) is 1.75. The molecule has 0 aromatic heterocycles. The molecule has 6 heteroatoms. The van der Waals surface area contributed by atoms with Crippen LogP contribution in [0.3, 0.4) is 0 Å². The molecule has 1 rings (SSSR count). The molecule has 1 unspecified atom stereocenters. The van der Waals surface area contributed by atoms with E-state index in [-0.39, 0.29) is 22.6 Å². The molecule has 16 heavy (non-hydrogen) atoms. The van der Waals surface area contributed by atoms with E-state index in [1.54, 1.807) is 6.07 Å². The predicted molar refractivity (Wildman–Crippen MR) is 46.7 cm³/mol. The van der Waals surface area contributed by atoms with Crippen molar-refractivity contribution < 1.29 is 39.8 Å². The van der Waals surface area contributed by atoms with Gasteiger partial charge in [-0.15, -0.1) is 0 Å². The molecule has 0 aliphatic carbocycles. The molecule has 0 heterocycles. The van der Waals surface area contributed by atoms with E-state index >= 15 is 0 Å². The zero-order chi connectivity index (χ0) is 11.4. The molecule has 1 aromatic carbocycles. The molecule has 0 spiro atoms. The van der Waals surface area contributed by atoms with Gasteiger partial charge in [-0.05, 0) is 0 Å². The van der Waals surface area contributed by atoms with Crippen molar-refractivity contribution in [1.29, 1.82) is 0 Å². The predicted octanol–water partition coefficient (Wildman–Crippen LogP) is 2.04. The SMILES string of the molecule is O=C(c1ccccc1)C(F)C(=O)C(F)F.[Cu]. The van der Waals surface area contributed by atoms with E-state index in [4.69, 9.17) is 0 Å². The van der Waals surface area contributed by atoms with Crippen molar-refractivity contribution in [3.8, 4) is 0 Å². The molecule has 0 aliphatic rings. The second kappa shape index (κ2) is 6.45. The summed E-state index contributed by atoms with van der Waals surface area (Å²) in [7, 11) is 0. The first-order valence-corrected chi connectivity index (χ1v) is 4.09. The third-order valence-electron chi connectivity index (χ3n) is 1.75.